The van der Waals surface area contributed by atoms with E-state index in [1.165, 1.54) is 25.4 Å². The first kappa shape index (κ1) is 27.4. The molecular formula is C27H32ClN5O5. The first-order chi connectivity index (χ1) is 18.4. The molecule has 0 bridgehead atoms. The summed E-state index contributed by atoms with van der Waals surface area (Å²) in [7, 11) is 1.42. The molecule has 1 aromatic heterocycles. The molecule has 0 spiro atoms. The Balaban J connectivity index is 1.37. The summed E-state index contributed by atoms with van der Waals surface area (Å²) in [4.78, 5) is 23.9. The monoisotopic (exact) mass is 541 g/mol. The van der Waals surface area contributed by atoms with Crippen LogP contribution in [0.25, 0.3) is 0 Å². The van der Waals surface area contributed by atoms with Gasteiger partial charge >= 0.3 is 0 Å². The van der Waals surface area contributed by atoms with Crippen molar-refractivity contribution in [1.29, 1.82) is 0 Å². The smallest absolute Gasteiger partial charge is 0.262 e. The minimum atomic E-state index is -0.519. The molecule has 4 rings (SSSR count). The van der Waals surface area contributed by atoms with Crippen molar-refractivity contribution in [3.05, 3.63) is 58.2 Å². The highest BCUT2D eigenvalue weighted by molar-refractivity contribution is 6.34. The number of aromatic hydroxyl groups is 1. The fourth-order valence-electron chi connectivity index (χ4n) is 4.05. The highest BCUT2D eigenvalue weighted by Gasteiger charge is 2.19. The van der Waals surface area contributed by atoms with E-state index in [2.05, 4.69) is 25.5 Å². The average molecular weight is 542 g/mol. The fraction of sp³-hybridized carbons (Fsp3) is 0.370. The molecule has 0 unspecified atom stereocenters. The number of aryl methyl sites for hydroxylation is 1. The number of anilines is 3. The van der Waals surface area contributed by atoms with Crippen LogP contribution in [0.2, 0.25) is 5.02 Å². The van der Waals surface area contributed by atoms with Crippen LogP contribution in [-0.4, -0.2) is 72.4 Å². The van der Waals surface area contributed by atoms with E-state index in [0.29, 0.717) is 22.9 Å². The van der Waals surface area contributed by atoms with Crippen molar-refractivity contribution in [2.75, 3.05) is 57.2 Å². The molecule has 2 heterocycles. The van der Waals surface area contributed by atoms with Gasteiger partial charge in [-0.2, -0.15) is 4.98 Å². The molecule has 1 amide bonds. The number of rotatable bonds is 10. The van der Waals surface area contributed by atoms with Gasteiger partial charge in [0.2, 0.25) is 11.8 Å². The Morgan fingerprint density at radius 2 is 2.00 bits per heavy atom. The minimum absolute atomic E-state index is 0.0205. The van der Waals surface area contributed by atoms with Gasteiger partial charge in [-0.15, -0.1) is 0 Å². The van der Waals surface area contributed by atoms with Crippen LogP contribution in [0.3, 0.4) is 0 Å². The maximum absolute atomic E-state index is 12.9. The first-order valence-electron chi connectivity index (χ1n) is 12.4. The van der Waals surface area contributed by atoms with Crippen molar-refractivity contribution in [3.63, 3.8) is 0 Å². The molecule has 0 atom stereocenters. The van der Waals surface area contributed by atoms with Crippen LogP contribution in [0.1, 0.15) is 27.9 Å². The molecule has 0 saturated carbocycles. The molecule has 11 heteroatoms. The second kappa shape index (κ2) is 12.8. The molecule has 38 heavy (non-hydrogen) atoms. The maximum Gasteiger partial charge on any atom is 0.262 e. The Morgan fingerprint density at radius 1 is 1.21 bits per heavy atom. The number of hydrogen-bond donors (Lipinski definition) is 3. The minimum Gasteiger partial charge on any atom is -0.508 e. The van der Waals surface area contributed by atoms with E-state index in [9.17, 15) is 9.90 Å². The molecule has 0 aliphatic carbocycles. The maximum atomic E-state index is 12.9. The lowest BCUT2D eigenvalue weighted by atomic mass is 10.1. The Morgan fingerprint density at radius 3 is 2.74 bits per heavy atom. The lowest BCUT2D eigenvalue weighted by molar-refractivity contribution is 0.0358. The number of methoxy groups -OCH3 is 1. The molecule has 1 saturated heterocycles. The van der Waals surface area contributed by atoms with Crippen LogP contribution in [0.15, 0.2) is 36.5 Å². The largest absolute Gasteiger partial charge is 0.508 e. The van der Waals surface area contributed by atoms with Gasteiger partial charge in [0, 0.05) is 37.1 Å². The van der Waals surface area contributed by atoms with Crippen LogP contribution < -0.4 is 20.1 Å². The fourth-order valence-corrected chi connectivity index (χ4v) is 4.30. The molecule has 202 valence electrons. The average Bonchev–Trinajstić information content (AvgIpc) is 2.92. The molecule has 1 aliphatic rings. The number of hydrogen-bond acceptors (Lipinski definition) is 9. The van der Waals surface area contributed by atoms with E-state index < -0.39 is 5.91 Å². The number of ether oxygens (including phenoxy) is 3. The highest BCUT2D eigenvalue weighted by Crippen LogP contribution is 2.33. The van der Waals surface area contributed by atoms with Crippen molar-refractivity contribution in [2.24, 2.45) is 0 Å². The number of amides is 1. The SMILES string of the molecule is COc1nc(Nc2ccc(OCCCN3CCOCC3)c(C)c2)ncc1C(=O)Nc1c(Cl)ccc(O)c1C. The first-order valence-corrected chi connectivity index (χ1v) is 12.7. The third kappa shape index (κ3) is 6.83. The predicted molar refractivity (Wildman–Crippen MR) is 146 cm³/mol. The van der Waals surface area contributed by atoms with Gasteiger partial charge in [0.05, 0.1) is 37.6 Å². The summed E-state index contributed by atoms with van der Waals surface area (Å²) in [5, 5.41) is 16.1. The van der Waals surface area contributed by atoms with Gasteiger partial charge in [-0.1, -0.05) is 11.6 Å². The number of phenolic OH excluding ortho intramolecular Hbond substituents is 1. The van der Waals surface area contributed by atoms with Gasteiger partial charge in [-0.25, -0.2) is 4.98 Å². The standard InChI is InChI=1S/C27H32ClN5O5/c1-17-15-19(5-8-23(17)38-12-4-9-33-10-13-37-14-11-33)30-27-29-16-20(26(32-27)36-3)25(35)31-24-18(2)22(34)7-6-21(24)28/h5-8,15-16,34H,4,9-14H2,1-3H3,(H,31,35)(H,29,30,32). The van der Waals surface area contributed by atoms with Gasteiger partial charge in [0.25, 0.3) is 5.91 Å². The molecular weight excluding hydrogens is 510 g/mol. The van der Waals surface area contributed by atoms with Gasteiger partial charge in [0.15, 0.2) is 0 Å². The zero-order chi connectivity index (χ0) is 27.1. The van der Waals surface area contributed by atoms with Crippen LogP contribution in [0.5, 0.6) is 17.4 Å². The third-order valence-electron chi connectivity index (χ3n) is 6.23. The van der Waals surface area contributed by atoms with Crippen molar-refractivity contribution >= 4 is 34.8 Å². The molecule has 10 nitrogen and oxygen atoms in total. The van der Waals surface area contributed by atoms with Crippen LogP contribution in [-0.2, 0) is 4.74 Å². The summed E-state index contributed by atoms with van der Waals surface area (Å²) >= 11 is 6.20. The zero-order valence-corrected chi connectivity index (χ0v) is 22.5. The lowest BCUT2D eigenvalue weighted by Crippen LogP contribution is -2.37. The highest BCUT2D eigenvalue weighted by atomic mass is 35.5. The number of carbonyl (C=O) groups is 1. The van der Waals surface area contributed by atoms with Gasteiger partial charge in [-0.3, -0.25) is 9.69 Å². The summed E-state index contributed by atoms with van der Waals surface area (Å²) < 4.78 is 16.7. The summed E-state index contributed by atoms with van der Waals surface area (Å²) in [5.74, 6) is 0.681. The van der Waals surface area contributed by atoms with E-state index in [-0.39, 0.29) is 23.1 Å². The van der Waals surface area contributed by atoms with E-state index in [1.54, 1.807) is 6.92 Å². The van der Waals surface area contributed by atoms with E-state index in [1.807, 2.05) is 25.1 Å². The molecule has 3 N–H and O–H groups in total. The quantitative estimate of drug-likeness (QED) is 0.317. The van der Waals surface area contributed by atoms with Crippen LogP contribution in [0.4, 0.5) is 17.3 Å². The van der Waals surface area contributed by atoms with Crippen molar-refractivity contribution in [1.82, 2.24) is 14.9 Å². The van der Waals surface area contributed by atoms with Gasteiger partial charge in [0.1, 0.15) is 17.1 Å². The number of benzene rings is 2. The zero-order valence-electron chi connectivity index (χ0n) is 21.7. The predicted octanol–water partition coefficient (Wildman–Crippen LogP) is 4.56. The number of carbonyl (C=O) groups excluding carboxylic acids is 1. The molecule has 1 aliphatic heterocycles. The number of aromatic nitrogens is 2. The second-order valence-corrected chi connectivity index (χ2v) is 9.31. The number of halogens is 1. The Labute approximate surface area is 226 Å². The van der Waals surface area contributed by atoms with Crippen molar-refractivity contribution < 1.29 is 24.1 Å². The number of nitrogens with zero attached hydrogens (tertiary/aromatic N) is 3. The molecule has 1 fully saturated rings. The van der Waals surface area contributed by atoms with Crippen molar-refractivity contribution in [3.8, 4) is 17.4 Å². The van der Waals surface area contributed by atoms with Gasteiger partial charge in [-0.05, 0) is 56.2 Å². The van der Waals surface area contributed by atoms with E-state index in [0.717, 1.165) is 56.3 Å². The normalized spacial score (nSPS) is 13.7. The number of phenols is 1. The van der Waals surface area contributed by atoms with Gasteiger partial charge < -0.3 is 30.0 Å². The molecule has 3 aromatic rings. The van der Waals surface area contributed by atoms with E-state index >= 15 is 0 Å². The third-order valence-corrected chi connectivity index (χ3v) is 6.54. The summed E-state index contributed by atoms with van der Waals surface area (Å²) in [6.07, 6.45) is 2.32. The topological polar surface area (TPSA) is 118 Å². The molecule has 2 aromatic carbocycles. The van der Waals surface area contributed by atoms with Crippen molar-refractivity contribution in [2.45, 2.75) is 20.3 Å². The number of nitrogens with one attached hydrogen (secondary N) is 2. The number of morpholine rings is 1. The Kier molecular flexibility index (Phi) is 9.22. The molecule has 0 radical (unpaired) electrons. The summed E-state index contributed by atoms with van der Waals surface area (Å²) in [6, 6.07) is 8.70. The Hall–Kier alpha value is -3.60. The Bertz CT molecular complexity index is 1280. The second-order valence-electron chi connectivity index (χ2n) is 8.90. The summed E-state index contributed by atoms with van der Waals surface area (Å²) in [5.41, 5.74) is 2.62. The van der Waals surface area contributed by atoms with Crippen LogP contribution in [0, 0.1) is 13.8 Å². The van der Waals surface area contributed by atoms with Crippen LogP contribution >= 0.6 is 11.6 Å². The van der Waals surface area contributed by atoms with E-state index in [4.69, 9.17) is 25.8 Å². The lowest BCUT2D eigenvalue weighted by Gasteiger charge is -2.26. The summed E-state index contributed by atoms with van der Waals surface area (Å²) in [6.45, 7) is 8.82.